The van der Waals surface area contributed by atoms with Gasteiger partial charge in [0.25, 0.3) is 0 Å². The van der Waals surface area contributed by atoms with Gasteiger partial charge in [0.05, 0.1) is 6.61 Å². The molecule has 1 heterocycles. The first kappa shape index (κ1) is 10.2. The summed E-state index contributed by atoms with van der Waals surface area (Å²) in [5.41, 5.74) is 0. The van der Waals surface area contributed by atoms with Crippen LogP contribution in [-0.2, 0) is 16.1 Å². The second kappa shape index (κ2) is 4.97. The van der Waals surface area contributed by atoms with Gasteiger partial charge in [-0.2, -0.15) is 0 Å². The molecule has 0 radical (unpaired) electrons. The Bertz CT molecular complexity index is 247. The number of hydrogen-bond acceptors (Lipinski definition) is 3. The maximum Gasteiger partial charge on any atom is 0.146 e. The van der Waals surface area contributed by atoms with Crippen LogP contribution >= 0.6 is 27.3 Å². The molecule has 12 heavy (non-hydrogen) atoms. The summed E-state index contributed by atoms with van der Waals surface area (Å²) in [5, 5.41) is 0. The maximum atomic E-state index is 5.22. The lowest BCUT2D eigenvalue weighted by Gasteiger charge is -1.99. The summed E-state index contributed by atoms with van der Waals surface area (Å²) < 4.78 is 11.1. The Labute approximate surface area is 84.6 Å². The Balaban J connectivity index is 2.45. The van der Waals surface area contributed by atoms with E-state index in [0.29, 0.717) is 13.4 Å². The van der Waals surface area contributed by atoms with Gasteiger partial charge in [-0.15, -0.1) is 11.3 Å². The van der Waals surface area contributed by atoms with Crippen molar-refractivity contribution in [1.82, 2.24) is 0 Å². The van der Waals surface area contributed by atoms with Crippen LogP contribution in [0.1, 0.15) is 9.75 Å². The van der Waals surface area contributed by atoms with Crippen LogP contribution in [0.4, 0.5) is 0 Å². The number of hydrogen-bond donors (Lipinski definition) is 0. The van der Waals surface area contributed by atoms with Crippen molar-refractivity contribution in [3.05, 3.63) is 20.3 Å². The van der Waals surface area contributed by atoms with Gasteiger partial charge in [0, 0.05) is 21.3 Å². The van der Waals surface area contributed by atoms with Gasteiger partial charge < -0.3 is 9.47 Å². The van der Waals surface area contributed by atoms with Crippen LogP contribution in [0.5, 0.6) is 0 Å². The zero-order valence-corrected chi connectivity index (χ0v) is 9.50. The third kappa shape index (κ3) is 2.86. The third-order valence-corrected chi connectivity index (χ3v) is 3.31. The van der Waals surface area contributed by atoms with Gasteiger partial charge >= 0.3 is 0 Å². The molecule has 0 aliphatic heterocycles. The molecule has 0 fully saturated rings. The SMILES string of the molecule is COCOCc1sc(C)cc1Br. The van der Waals surface area contributed by atoms with Crippen molar-refractivity contribution in [3.63, 3.8) is 0 Å². The van der Waals surface area contributed by atoms with E-state index in [-0.39, 0.29) is 0 Å². The average molecular weight is 251 g/mol. The quantitative estimate of drug-likeness (QED) is 0.605. The Kier molecular flexibility index (Phi) is 4.21. The Morgan fingerprint density at radius 2 is 2.33 bits per heavy atom. The molecule has 0 atom stereocenters. The highest BCUT2D eigenvalue weighted by molar-refractivity contribution is 9.10. The molecule has 0 aliphatic carbocycles. The first-order valence-corrected chi connectivity index (χ1v) is 5.16. The first-order valence-electron chi connectivity index (χ1n) is 3.55. The molecule has 68 valence electrons. The van der Waals surface area contributed by atoms with Gasteiger partial charge in [-0.1, -0.05) is 0 Å². The lowest BCUT2D eigenvalue weighted by Crippen LogP contribution is -1.95. The minimum absolute atomic E-state index is 0.351. The smallest absolute Gasteiger partial charge is 0.146 e. The Morgan fingerprint density at radius 3 is 2.83 bits per heavy atom. The summed E-state index contributed by atoms with van der Waals surface area (Å²) in [5.74, 6) is 0. The lowest BCUT2D eigenvalue weighted by molar-refractivity contribution is -0.0383. The number of rotatable bonds is 4. The second-order valence-corrected chi connectivity index (χ2v) is 4.58. The summed E-state index contributed by atoms with van der Waals surface area (Å²) in [6.45, 7) is 3.05. The fourth-order valence-electron chi connectivity index (χ4n) is 0.848. The zero-order chi connectivity index (χ0) is 8.97. The molecule has 0 N–H and O–H groups in total. The van der Waals surface area contributed by atoms with Crippen molar-refractivity contribution in [2.45, 2.75) is 13.5 Å². The number of aryl methyl sites for hydroxylation is 1. The van der Waals surface area contributed by atoms with Crippen LogP contribution in [0.15, 0.2) is 10.5 Å². The normalized spacial score (nSPS) is 10.6. The molecule has 0 saturated heterocycles. The summed E-state index contributed by atoms with van der Waals surface area (Å²) in [7, 11) is 1.62. The Hall–Kier alpha value is 0.100. The van der Waals surface area contributed by atoms with E-state index in [1.54, 1.807) is 18.4 Å². The topological polar surface area (TPSA) is 18.5 Å². The van der Waals surface area contributed by atoms with Crippen LogP contribution in [0.25, 0.3) is 0 Å². The van der Waals surface area contributed by atoms with Crippen molar-refractivity contribution < 1.29 is 9.47 Å². The molecule has 1 rings (SSSR count). The van der Waals surface area contributed by atoms with E-state index in [1.807, 2.05) is 0 Å². The molecule has 0 aliphatic rings. The molecule has 0 spiro atoms. The van der Waals surface area contributed by atoms with E-state index in [0.717, 1.165) is 4.47 Å². The molecular weight excluding hydrogens is 240 g/mol. The van der Waals surface area contributed by atoms with Crippen LogP contribution in [0.2, 0.25) is 0 Å². The van der Waals surface area contributed by atoms with Crippen molar-refractivity contribution >= 4 is 27.3 Å². The lowest BCUT2D eigenvalue weighted by atomic mass is 10.4. The summed E-state index contributed by atoms with van der Waals surface area (Å²) >= 11 is 5.20. The summed E-state index contributed by atoms with van der Waals surface area (Å²) in [6, 6.07) is 2.09. The van der Waals surface area contributed by atoms with Crippen molar-refractivity contribution in [2.24, 2.45) is 0 Å². The highest BCUT2D eigenvalue weighted by Gasteiger charge is 2.03. The molecule has 0 bridgehead atoms. The third-order valence-electron chi connectivity index (χ3n) is 1.31. The van der Waals surface area contributed by atoms with Gasteiger partial charge in [0.15, 0.2) is 0 Å². The van der Waals surface area contributed by atoms with Gasteiger partial charge in [-0.05, 0) is 28.9 Å². The molecule has 0 saturated carbocycles. The monoisotopic (exact) mass is 250 g/mol. The van der Waals surface area contributed by atoms with E-state index >= 15 is 0 Å². The van der Waals surface area contributed by atoms with Crippen molar-refractivity contribution in [3.8, 4) is 0 Å². The maximum absolute atomic E-state index is 5.22. The number of ether oxygens (including phenoxy) is 2. The van der Waals surface area contributed by atoms with E-state index < -0.39 is 0 Å². The molecule has 0 aromatic carbocycles. The highest BCUT2D eigenvalue weighted by Crippen LogP contribution is 2.27. The van der Waals surface area contributed by atoms with Crippen molar-refractivity contribution in [1.29, 1.82) is 0 Å². The predicted octanol–water partition coefficient (Wildman–Crippen LogP) is 2.94. The van der Waals surface area contributed by atoms with Crippen molar-refractivity contribution in [2.75, 3.05) is 13.9 Å². The van der Waals surface area contributed by atoms with Gasteiger partial charge in [0.1, 0.15) is 6.79 Å². The Morgan fingerprint density at radius 1 is 1.58 bits per heavy atom. The van der Waals surface area contributed by atoms with Gasteiger partial charge in [-0.25, -0.2) is 0 Å². The van der Waals surface area contributed by atoms with Gasteiger partial charge in [0.2, 0.25) is 0 Å². The highest BCUT2D eigenvalue weighted by atomic mass is 79.9. The standard InChI is InChI=1S/C8H11BrO2S/c1-6-3-7(9)8(12-6)4-11-5-10-2/h3H,4-5H2,1-2H3. The van der Waals surface area contributed by atoms with Crippen LogP contribution in [-0.4, -0.2) is 13.9 Å². The fraction of sp³-hybridized carbons (Fsp3) is 0.500. The number of methoxy groups -OCH3 is 1. The van der Waals surface area contributed by atoms with E-state index in [9.17, 15) is 0 Å². The zero-order valence-electron chi connectivity index (χ0n) is 7.09. The fourth-order valence-corrected chi connectivity index (χ4v) is 2.56. The number of halogens is 1. The van der Waals surface area contributed by atoms with Gasteiger partial charge in [-0.3, -0.25) is 0 Å². The van der Waals surface area contributed by atoms with Crippen LogP contribution in [0, 0.1) is 6.92 Å². The summed E-state index contributed by atoms with van der Waals surface area (Å²) in [6.07, 6.45) is 0. The minimum Gasteiger partial charge on any atom is -0.359 e. The van der Waals surface area contributed by atoms with Crippen LogP contribution in [0.3, 0.4) is 0 Å². The molecule has 0 amide bonds. The number of thiophene rings is 1. The van der Waals surface area contributed by atoms with E-state index in [4.69, 9.17) is 9.47 Å². The molecule has 0 unspecified atom stereocenters. The molecule has 2 nitrogen and oxygen atoms in total. The van der Waals surface area contributed by atoms with Crippen LogP contribution < -0.4 is 0 Å². The molecular formula is C8H11BrO2S. The molecule has 1 aromatic heterocycles. The second-order valence-electron chi connectivity index (χ2n) is 2.38. The largest absolute Gasteiger partial charge is 0.359 e. The minimum atomic E-state index is 0.351. The van der Waals surface area contributed by atoms with E-state index in [1.165, 1.54) is 9.75 Å². The first-order chi connectivity index (χ1) is 5.74. The average Bonchev–Trinajstić information content (AvgIpc) is 2.31. The van der Waals surface area contributed by atoms with E-state index in [2.05, 4.69) is 28.9 Å². The molecule has 4 heteroatoms. The molecule has 1 aromatic rings. The summed E-state index contributed by atoms with van der Waals surface area (Å²) in [4.78, 5) is 2.50. The predicted molar refractivity (Wildman–Crippen MR) is 53.4 cm³/mol.